The maximum absolute atomic E-state index is 12.8. The largest absolute Gasteiger partial charge is 0.459 e. The van der Waals surface area contributed by atoms with Gasteiger partial charge in [0.2, 0.25) is 5.91 Å². The lowest BCUT2D eigenvalue weighted by Gasteiger charge is -2.29. The van der Waals surface area contributed by atoms with Gasteiger partial charge < -0.3 is 15.1 Å². The molecule has 1 aromatic heterocycles. The summed E-state index contributed by atoms with van der Waals surface area (Å²) >= 11 is 0. The molecule has 4 nitrogen and oxygen atoms in total. The van der Waals surface area contributed by atoms with Gasteiger partial charge in [-0.1, -0.05) is 32.0 Å². The Kier molecular flexibility index (Phi) is 4.95. The Balaban J connectivity index is 1.84. The molecule has 3 atom stereocenters. The van der Waals surface area contributed by atoms with Gasteiger partial charge >= 0.3 is 0 Å². The molecule has 0 bridgehead atoms. The van der Waals surface area contributed by atoms with E-state index in [1.807, 2.05) is 18.2 Å². The van der Waals surface area contributed by atoms with Crippen molar-refractivity contribution in [3.8, 4) is 0 Å². The molecule has 2 heterocycles. The van der Waals surface area contributed by atoms with Crippen molar-refractivity contribution in [1.29, 1.82) is 0 Å². The van der Waals surface area contributed by atoms with Crippen LogP contribution in [0.2, 0.25) is 0 Å². The minimum absolute atomic E-state index is 0.0879. The number of amides is 1. The number of fused-ring (bicyclic) bond motifs is 1. The van der Waals surface area contributed by atoms with Gasteiger partial charge in [0.05, 0.1) is 6.04 Å². The lowest BCUT2D eigenvalue weighted by molar-refractivity contribution is -0.127. The molecule has 1 aliphatic rings. The predicted octanol–water partition coefficient (Wildman–Crippen LogP) is 3.94. The Morgan fingerprint density at radius 2 is 2.08 bits per heavy atom. The first-order chi connectivity index (χ1) is 11.5. The van der Waals surface area contributed by atoms with E-state index in [2.05, 4.69) is 44.4 Å². The average Bonchev–Trinajstić information content (AvgIpc) is 2.89. The monoisotopic (exact) mass is 328 g/mol. The normalized spacial score (nSPS) is 22.7. The number of hydrogen-bond donors (Lipinski definition) is 2. The molecule has 0 saturated carbocycles. The van der Waals surface area contributed by atoms with Crippen molar-refractivity contribution in [1.82, 2.24) is 10.6 Å². The summed E-state index contributed by atoms with van der Waals surface area (Å²) in [5, 5.41) is 7.79. The van der Waals surface area contributed by atoms with Gasteiger partial charge in [-0.3, -0.25) is 4.79 Å². The van der Waals surface area contributed by atoms with Crippen LogP contribution in [-0.4, -0.2) is 18.5 Å². The fraction of sp³-hybridized carbons (Fsp3) is 0.550. The zero-order valence-corrected chi connectivity index (χ0v) is 15.1. The van der Waals surface area contributed by atoms with Crippen LogP contribution in [0.4, 0.5) is 0 Å². The number of para-hydroxylation sites is 1. The maximum Gasteiger partial charge on any atom is 0.223 e. The molecule has 24 heavy (non-hydrogen) atoms. The number of benzene rings is 1. The van der Waals surface area contributed by atoms with Crippen molar-refractivity contribution in [3.63, 3.8) is 0 Å². The first-order valence-electron chi connectivity index (χ1n) is 8.99. The first kappa shape index (κ1) is 17.0. The number of carbonyl (C=O) groups is 1. The number of furan rings is 1. The van der Waals surface area contributed by atoms with Gasteiger partial charge in [-0.05, 0) is 45.2 Å². The van der Waals surface area contributed by atoms with E-state index in [-0.39, 0.29) is 23.8 Å². The molecule has 2 N–H and O–H groups in total. The molecule has 1 aliphatic heterocycles. The van der Waals surface area contributed by atoms with Gasteiger partial charge in [-0.15, -0.1) is 0 Å². The molecule has 1 amide bonds. The quantitative estimate of drug-likeness (QED) is 0.894. The van der Waals surface area contributed by atoms with E-state index in [1.54, 1.807) is 0 Å². The minimum Gasteiger partial charge on any atom is -0.459 e. The van der Waals surface area contributed by atoms with Crippen LogP contribution < -0.4 is 10.6 Å². The van der Waals surface area contributed by atoms with Crippen LogP contribution in [0.5, 0.6) is 0 Å². The summed E-state index contributed by atoms with van der Waals surface area (Å²) in [6, 6.07) is 8.38. The van der Waals surface area contributed by atoms with Crippen LogP contribution in [0.3, 0.4) is 0 Å². The van der Waals surface area contributed by atoms with Crippen molar-refractivity contribution >= 4 is 16.9 Å². The third kappa shape index (κ3) is 3.34. The predicted molar refractivity (Wildman–Crippen MR) is 96.9 cm³/mol. The highest BCUT2D eigenvalue weighted by Gasteiger charge is 2.30. The van der Waals surface area contributed by atoms with Crippen LogP contribution in [0.15, 0.2) is 28.7 Å². The first-order valence-corrected chi connectivity index (χ1v) is 8.99. The number of piperidine rings is 1. The Labute approximate surface area is 144 Å². The average molecular weight is 328 g/mol. The molecular weight excluding hydrogens is 300 g/mol. The van der Waals surface area contributed by atoms with Gasteiger partial charge in [0.25, 0.3) is 0 Å². The molecule has 0 spiro atoms. The van der Waals surface area contributed by atoms with Crippen LogP contribution in [0, 0.1) is 18.8 Å². The summed E-state index contributed by atoms with van der Waals surface area (Å²) in [7, 11) is 0. The van der Waals surface area contributed by atoms with Gasteiger partial charge in [0.15, 0.2) is 0 Å². The lowest BCUT2D eigenvalue weighted by Crippen LogP contribution is -2.44. The number of hydrogen-bond acceptors (Lipinski definition) is 3. The van der Waals surface area contributed by atoms with Gasteiger partial charge in [-0.2, -0.15) is 0 Å². The van der Waals surface area contributed by atoms with E-state index in [0.717, 1.165) is 41.7 Å². The van der Waals surface area contributed by atoms with Crippen LogP contribution in [-0.2, 0) is 4.79 Å². The summed E-state index contributed by atoms with van der Waals surface area (Å²) < 4.78 is 6.10. The Hall–Kier alpha value is -1.81. The highest BCUT2D eigenvalue weighted by molar-refractivity contribution is 5.83. The number of nitrogens with one attached hydrogen (secondary N) is 2. The molecule has 1 saturated heterocycles. The van der Waals surface area contributed by atoms with E-state index in [0.29, 0.717) is 6.04 Å². The highest BCUT2D eigenvalue weighted by atomic mass is 16.3. The molecule has 1 unspecified atom stereocenters. The second-order valence-corrected chi connectivity index (χ2v) is 7.39. The van der Waals surface area contributed by atoms with Gasteiger partial charge in [-0.25, -0.2) is 0 Å². The summed E-state index contributed by atoms with van der Waals surface area (Å²) in [6.45, 7) is 9.39. The standard InChI is InChI=1S/C20H28N2O2/c1-12(2)18(22-20(23)15-9-10-21-13(3)11-15)19-14(4)16-7-5-6-8-17(16)24-19/h5-8,12-13,15,18,21H,9-11H2,1-4H3,(H,22,23)/t13-,15-,18?/m0/s1. The van der Waals surface area contributed by atoms with Crippen LogP contribution >= 0.6 is 0 Å². The Morgan fingerprint density at radius 3 is 2.75 bits per heavy atom. The Morgan fingerprint density at radius 1 is 1.33 bits per heavy atom. The van der Waals surface area contributed by atoms with Crippen LogP contribution in [0.1, 0.15) is 51.0 Å². The van der Waals surface area contributed by atoms with Crippen molar-refractivity contribution in [2.45, 2.75) is 52.6 Å². The van der Waals surface area contributed by atoms with E-state index < -0.39 is 0 Å². The summed E-state index contributed by atoms with van der Waals surface area (Å²) in [6.07, 6.45) is 1.80. The van der Waals surface area contributed by atoms with Crippen molar-refractivity contribution in [2.24, 2.45) is 11.8 Å². The van der Waals surface area contributed by atoms with Crippen molar-refractivity contribution < 1.29 is 9.21 Å². The zero-order valence-electron chi connectivity index (χ0n) is 15.1. The lowest BCUT2D eigenvalue weighted by atomic mass is 9.91. The minimum atomic E-state index is -0.0879. The van der Waals surface area contributed by atoms with E-state index in [9.17, 15) is 4.79 Å². The molecule has 3 rings (SSSR count). The fourth-order valence-corrected chi connectivity index (χ4v) is 3.67. The maximum atomic E-state index is 12.8. The van der Waals surface area contributed by atoms with E-state index in [1.165, 1.54) is 0 Å². The second-order valence-electron chi connectivity index (χ2n) is 7.39. The van der Waals surface area contributed by atoms with Gasteiger partial charge in [0.1, 0.15) is 11.3 Å². The molecule has 1 fully saturated rings. The zero-order chi connectivity index (χ0) is 17.3. The topological polar surface area (TPSA) is 54.3 Å². The SMILES string of the molecule is Cc1c(C(NC(=O)[C@H]2CCN[C@@H](C)C2)C(C)C)oc2ccccc12. The third-order valence-corrected chi connectivity index (χ3v) is 5.12. The second kappa shape index (κ2) is 6.98. The molecular formula is C20H28N2O2. The van der Waals surface area contributed by atoms with Crippen LogP contribution in [0.25, 0.3) is 11.0 Å². The summed E-state index contributed by atoms with van der Waals surface area (Å²) in [4.78, 5) is 12.8. The Bertz CT molecular complexity index is 719. The number of rotatable bonds is 4. The number of aryl methyl sites for hydroxylation is 1. The highest BCUT2D eigenvalue weighted by Crippen LogP contribution is 2.33. The van der Waals surface area contributed by atoms with E-state index in [4.69, 9.17) is 4.42 Å². The fourth-order valence-electron chi connectivity index (χ4n) is 3.67. The van der Waals surface area contributed by atoms with E-state index >= 15 is 0 Å². The smallest absolute Gasteiger partial charge is 0.223 e. The molecule has 1 aromatic carbocycles. The van der Waals surface area contributed by atoms with Crippen molar-refractivity contribution in [2.75, 3.05) is 6.54 Å². The summed E-state index contributed by atoms with van der Waals surface area (Å²) in [5.41, 5.74) is 2.02. The van der Waals surface area contributed by atoms with Crippen molar-refractivity contribution in [3.05, 3.63) is 35.6 Å². The number of carbonyl (C=O) groups excluding carboxylic acids is 1. The third-order valence-electron chi connectivity index (χ3n) is 5.12. The molecule has 0 radical (unpaired) electrons. The van der Waals surface area contributed by atoms with Gasteiger partial charge in [0, 0.05) is 22.9 Å². The molecule has 0 aliphatic carbocycles. The molecule has 130 valence electrons. The summed E-state index contributed by atoms with van der Waals surface area (Å²) in [5.74, 6) is 1.41. The molecule has 2 aromatic rings. The molecule has 4 heteroatoms.